The second-order valence-corrected chi connectivity index (χ2v) is 5.63. The number of hydrogen-bond acceptors (Lipinski definition) is 4. The van der Waals surface area contributed by atoms with Crippen molar-refractivity contribution in [2.45, 2.75) is 0 Å². The highest BCUT2D eigenvalue weighted by Crippen LogP contribution is 2.23. The molecular formula is C19H17N5O2. The van der Waals surface area contributed by atoms with Crippen molar-refractivity contribution in [1.82, 2.24) is 14.8 Å². The monoisotopic (exact) mass is 347 g/mol. The number of anilines is 1. The highest BCUT2D eigenvalue weighted by Gasteiger charge is 2.06. The van der Waals surface area contributed by atoms with Crippen LogP contribution in [0.4, 0.5) is 5.69 Å². The number of aryl methyl sites for hydroxylation is 1. The Hall–Kier alpha value is -3.74. The summed E-state index contributed by atoms with van der Waals surface area (Å²) in [5.41, 5.74) is 8.83. The summed E-state index contributed by atoms with van der Waals surface area (Å²) in [6.07, 6.45) is 10.2. The highest BCUT2D eigenvalue weighted by atomic mass is 16.1. The second kappa shape index (κ2) is 7.43. The summed E-state index contributed by atoms with van der Waals surface area (Å²) < 4.78 is 1.71. The number of hydrogen-bond donors (Lipinski definition) is 2. The first-order valence-electron chi connectivity index (χ1n) is 7.85. The molecule has 0 atom stereocenters. The molecule has 2 aromatic heterocycles. The van der Waals surface area contributed by atoms with Crippen LogP contribution >= 0.6 is 0 Å². The van der Waals surface area contributed by atoms with E-state index in [9.17, 15) is 9.59 Å². The van der Waals surface area contributed by atoms with E-state index in [1.54, 1.807) is 53.6 Å². The molecular weight excluding hydrogens is 330 g/mol. The lowest BCUT2D eigenvalue weighted by Gasteiger charge is -2.04. The van der Waals surface area contributed by atoms with E-state index in [4.69, 9.17) is 5.73 Å². The number of amides is 2. The van der Waals surface area contributed by atoms with Gasteiger partial charge in [0, 0.05) is 54.1 Å². The minimum absolute atomic E-state index is 0.294. The summed E-state index contributed by atoms with van der Waals surface area (Å²) >= 11 is 0. The lowest BCUT2D eigenvalue weighted by atomic mass is 10.0. The Morgan fingerprint density at radius 3 is 2.58 bits per heavy atom. The van der Waals surface area contributed by atoms with E-state index in [0.29, 0.717) is 11.3 Å². The molecule has 2 amide bonds. The number of rotatable bonds is 5. The molecule has 0 aliphatic heterocycles. The van der Waals surface area contributed by atoms with E-state index < -0.39 is 5.91 Å². The van der Waals surface area contributed by atoms with E-state index in [1.807, 2.05) is 19.3 Å². The van der Waals surface area contributed by atoms with E-state index in [-0.39, 0.29) is 5.91 Å². The number of aromatic nitrogens is 3. The average molecular weight is 347 g/mol. The van der Waals surface area contributed by atoms with Crippen LogP contribution < -0.4 is 11.1 Å². The van der Waals surface area contributed by atoms with Crippen LogP contribution in [0.15, 0.2) is 61.2 Å². The smallest absolute Gasteiger partial charge is 0.248 e. The van der Waals surface area contributed by atoms with Crippen molar-refractivity contribution in [1.29, 1.82) is 0 Å². The van der Waals surface area contributed by atoms with Crippen molar-refractivity contribution in [2.24, 2.45) is 12.8 Å². The van der Waals surface area contributed by atoms with Gasteiger partial charge in [0.05, 0.1) is 6.20 Å². The van der Waals surface area contributed by atoms with Gasteiger partial charge in [-0.15, -0.1) is 0 Å². The van der Waals surface area contributed by atoms with Crippen molar-refractivity contribution < 1.29 is 9.59 Å². The van der Waals surface area contributed by atoms with Gasteiger partial charge in [0.25, 0.3) is 0 Å². The van der Waals surface area contributed by atoms with Gasteiger partial charge in [-0.1, -0.05) is 0 Å². The van der Waals surface area contributed by atoms with Gasteiger partial charge in [0.15, 0.2) is 0 Å². The third-order valence-corrected chi connectivity index (χ3v) is 3.72. The number of nitrogens with zero attached hydrogens (tertiary/aromatic N) is 3. The molecule has 0 aliphatic rings. The lowest BCUT2D eigenvalue weighted by Crippen LogP contribution is -2.11. The molecule has 3 aromatic rings. The Morgan fingerprint density at radius 1 is 1.15 bits per heavy atom. The molecule has 3 N–H and O–H groups in total. The fourth-order valence-corrected chi connectivity index (χ4v) is 2.43. The largest absolute Gasteiger partial charge is 0.366 e. The molecule has 0 fully saturated rings. The molecule has 0 aliphatic carbocycles. The highest BCUT2D eigenvalue weighted by molar-refractivity contribution is 6.02. The van der Waals surface area contributed by atoms with E-state index in [0.717, 1.165) is 16.7 Å². The summed E-state index contributed by atoms with van der Waals surface area (Å²) in [5, 5.41) is 6.89. The Bertz CT molecular complexity index is 974. The topological polar surface area (TPSA) is 103 Å². The zero-order valence-corrected chi connectivity index (χ0v) is 14.1. The van der Waals surface area contributed by atoms with E-state index in [2.05, 4.69) is 15.4 Å². The van der Waals surface area contributed by atoms with Crippen molar-refractivity contribution >= 4 is 23.6 Å². The number of carbonyl (C=O) groups is 2. The zero-order valence-electron chi connectivity index (χ0n) is 14.1. The van der Waals surface area contributed by atoms with Crippen molar-refractivity contribution in [3.05, 3.63) is 72.3 Å². The van der Waals surface area contributed by atoms with Crippen LogP contribution in [0, 0.1) is 0 Å². The quantitative estimate of drug-likeness (QED) is 0.691. The van der Waals surface area contributed by atoms with Crippen LogP contribution in [0.5, 0.6) is 0 Å². The van der Waals surface area contributed by atoms with Gasteiger partial charge >= 0.3 is 0 Å². The number of nitrogens with two attached hydrogens (primary N) is 1. The van der Waals surface area contributed by atoms with Crippen LogP contribution in [0.25, 0.3) is 17.2 Å². The summed E-state index contributed by atoms with van der Waals surface area (Å²) in [6, 6.07) is 8.23. The molecule has 2 heterocycles. The van der Waals surface area contributed by atoms with Crippen LogP contribution in [0.2, 0.25) is 0 Å². The Labute approximate surface area is 150 Å². The predicted molar refractivity (Wildman–Crippen MR) is 99.1 cm³/mol. The lowest BCUT2D eigenvalue weighted by molar-refractivity contribution is -0.111. The molecule has 0 unspecified atom stereocenters. The fourth-order valence-electron chi connectivity index (χ4n) is 2.43. The maximum absolute atomic E-state index is 12.1. The minimum Gasteiger partial charge on any atom is -0.366 e. The first-order chi connectivity index (χ1) is 12.5. The minimum atomic E-state index is -0.512. The van der Waals surface area contributed by atoms with E-state index in [1.165, 1.54) is 6.08 Å². The van der Waals surface area contributed by atoms with Crippen molar-refractivity contribution in [3.63, 3.8) is 0 Å². The number of nitrogens with one attached hydrogen (secondary N) is 1. The van der Waals surface area contributed by atoms with Crippen LogP contribution in [0.1, 0.15) is 15.9 Å². The molecule has 0 bridgehead atoms. The summed E-state index contributed by atoms with van der Waals surface area (Å²) in [5.74, 6) is -0.805. The molecule has 26 heavy (non-hydrogen) atoms. The van der Waals surface area contributed by atoms with Gasteiger partial charge < -0.3 is 11.1 Å². The molecule has 0 radical (unpaired) electrons. The molecule has 0 spiro atoms. The van der Waals surface area contributed by atoms with E-state index >= 15 is 0 Å². The van der Waals surface area contributed by atoms with Gasteiger partial charge in [-0.3, -0.25) is 19.3 Å². The van der Waals surface area contributed by atoms with Gasteiger partial charge in [-0.2, -0.15) is 5.10 Å². The third-order valence-electron chi connectivity index (χ3n) is 3.72. The van der Waals surface area contributed by atoms with Crippen molar-refractivity contribution in [2.75, 3.05) is 5.32 Å². The standard InChI is InChI=1S/C19H17N5O2/c1-24-12-15(11-22-24)17-8-9-21-10-14(17)4-7-18(25)23-16-5-2-13(3-6-16)19(20)26/h2-12H,1H3,(H2,20,26)(H,23,25)/b7-4+. The normalized spacial score (nSPS) is 10.8. The molecule has 0 saturated heterocycles. The molecule has 7 heteroatoms. The second-order valence-electron chi connectivity index (χ2n) is 5.63. The zero-order chi connectivity index (χ0) is 18.5. The van der Waals surface area contributed by atoms with Crippen LogP contribution in [0.3, 0.4) is 0 Å². The van der Waals surface area contributed by atoms with Gasteiger partial charge in [0.2, 0.25) is 11.8 Å². The summed E-state index contributed by atoms with van der Waals surface area (Å²) in [4.78, 5) is 27.3. The van der Waals surface area contributed by atoms with Gasteiger partial charge in [-0.25, -0.2) is 0 Å². The summed E-state index contributed by atoms with van der Waals surface area (Å²) in [7, 11) is 1.84. The van der Waals surface area contributed by atoms with Gasteiger partial charge in [0.1, 0.15) is 0 Å². The Kier molecular flexibility index (Phi) is 4.89. The van der Waals surface area contributed by atoms with Crippen LogP contribution in [-0.2, 0) is 11.8 Å². The first kappa shape index (κ1) is 17.1. The molecule has 3 rings (SSSR count). The summed E-state index contributed by atoms with van der Waals surface area (Å²) in [6.45, 7) is 0. The molecule has 130 valence electrons. The maximum atomic E-state index is 12.1. The number of benzene rings is 1. The third kappa shape index (κ3) is 4.02. The number of pyridine rings is 1. The Morgan fingerprint density at radius 2 is 1.92 bits per heavy atom. The first-order valence-corrected chi connectivity index (χ1v) is 7.85. The number of carbonyl (C=O) groups excluding carboxylic acids is 2. The van der Waals surface area contributed by atoms with Gasteiger partial charge in [-0.05, 0) is 42.0 Å². The van der Waals surface area contributed by atoms with Crippen LogP contribution in [-0.4, -0.2) is 26.6 Å². The molecule has 1 aromatic carbocycles. The Balaban J connectivity index is 1.73. The number of primary amides is 1. The average Bonchev–Trinajstić information content (AvgIpc) is 3.07. The maximum Gasteiger partial charge on any atom is 0.248 e. The fraction of sp³-hybridized carbons (Fsp3) is 0.0526. The predicted octanol–water partition coefficient (Wildman–Crippen LogP) is 2.23. The molecule has 0 saturated carbocycles. The molecule has 7 nitrogen and oxygen atoms in total. The van der Waals surface area contributed by atoms with Crippen molar-refractivity contribution in [3.8, 4) is 11.1 Å². The SMILES string of the molecule is Cn1cc(-c2ccncc2/C=C/C(=O)Nc2ccc(C(N)=O)cc2)cn1.